The van der Waals surface area contributed by atoms with E-state index >= 15 is 0 Å². The van der Waals surface area contributed by atoms with Crippen LogP contribution < -0.4 is 0 Å². The second-order valence-electron chi connectivity index (χ2n) is 2.95. The van der Waals surface area contributed by atoms with Crippen LogP contribution in [0.25, 0.3) is 0 Å². The van der Waals surface area contributed by atoms with Crippen molar-refractivity contribution in [2.45, 2.75) is 23.9 Å². The van der Waals surface area contributed by atoms with Crippen molar-refractivity contribution in [3.8, 4) is 0 Å². The monoisotopic (exact) mass is 290 g/mol. The average Bonchev–Trinajstić information content (AvgIpc) is 2.09. The maximum atomic E-state index is 13.0. The van der Waals surface area contributed by atoms with Crippen molar-refractivity contribution in [1.29, 1.82) is 0 Å². The minimum Gasteiger partial charge on any atom is -0.478 e. The molecule has 0 bridgehead atoms. The van der Waals surface area contributed by atoms with Gasteiger partial charge >= 0.3 is 24.2 Å². The third-order valence-corrected chi connectivity index (χ3v) is 1.68. The van der Waals surface area contributed by atoms with E-state index in [1.165, 1.54) is 0 Å². The van der Waals surface area contributed by atoms with E-state index in [4.69, 9.17) is 5.11 Å². The molecule has 11 heteroatoms. The zero-order valence-corrected chi connectivity index (χ0v) is 7.91. The molecule has 0 saturated carbocycles. The van der Waals surface area contributed by atoms with Crippen molar-refractivity contribution in [2.24, 2.45) is 0 Å². The second kappa shape index (κ2) is 4.35. The molecular formula is C7H3F9O2. The van der Waals surface area contributed by atoms with E-state index in [0.29, 0.717) is 0 Å². The van der Waals surface area contributed by atoms with E-state index in [1.54, 1.807) is 0 Å². The smallest absolute Gasteiger partial charge is 0.457 e. The lowest BCUT2D eigenvalue weighted by atomic mass is 9.95. The third-order valence-electron chi connectivity index (χ3n) is 1.68. The van der Waals surface area contributed by atoms with E-state index in [2.05, 4.69) is 0 Å². The molecule has 106 valence electrons. The van der Waals surface area contributed by atoms with Gasteiger partial charge in [0.1, 0.15) is 0 Å². The lowest BCUT2D eigenvalue weighted by Gasteiger charge is -2.33. The summed E-state index contributed by atoms with van der Waals surface area (Å²) in [6.45, 7) is 0. The average molecular weight is 290 g/mol. The van der Waals surface area contributed by atoms with Crippen molar-refractivity contribution in [2.75, 3.05) is 0 Å². The number of halogens is 9. The molecule has 0 aliphatic rings. The van der Waals surface area contributed by atoms with Crippen molar-refractivity contribution < 1.29 is 49.4 Å². The van der Waals surface area contributed by atoms with Gasteiger partial charge in [-0.05, 0) is 6.08 Å². The molecule has 0 heterocycles. The topological polar surface area (TPSA) is 37.3 Å². The van der Waals surface area contributed by atoms with Crippen molar-refractivity contribution in [3.05, 3.63) is 12.2 Å². The fourth-order valence-electron chi connectivity index (χ4n) is 0.770. The summed E-state index contributed by atoms with van der Waals surface area (Å²) in [5, 5.41) is 7.86. The molecule has 0 saturated heterocycles. The predicted octanol–water partition coefficient (Wildman–Crippen LogP) is 3.10. The maximum absolute atomic E-state index is 13.0. The fourth-order valence-corrected chi connectivity index (χ4v) is 0.770. The van der Waals surface area contributed by atoms with Crippen LogP contribution in [0.5, 0.6) is 0 Å². The number of rotatable bonds is 3. The Labute approximate surface area is 92.7 Å². The highest BCUT2D eigenvalue weighted by molar-refractivity contribution is 5.80. The number of carbonyl (C=O) groups is 1. The van der Waals surface area contributed by atoms with Crippen LogP contribution >= 0.6 is 0 Å². The Morgan fingerprint density at radius 1 is 0.833 bits per heavy atom. The molecule has 1 atom stereocenters. The number of hydrogen-bond donors (Lipinski definition) is 1. The van der Waals surface area contributed by atoms with E-state index < -0.39 is 42.1 Å². The van der Waals surface area contributed by atoms with E-state index in [9.17, 15) is 44.3 Å². The number of carboxylic acid groups (broad SMARTS) is 1. The summed E-state index contributed by atoms with van der Waals surface area (Å²) in [6, 6.07) is 0. The molecule has 0 unspecified atom stereocenters. The standard InChI is InChI=1S/C7H3F9O2/c8-4(6(11,12)13,2-1-3(17)18)5(9,10)7(14,15)16/h1-2H,(H,17,18)/b2-1-/t4-/m1/s1. The van der Waals surface area contributed by atoms with Gasteiger partial charge in [0.05, 0.1) is 0 Å². The second-order valence-corrected chi connectivity index (χ2v) is 2.95. The Kier molecular flexibility index (Phi) is 4.01. The van der Waals surface area contributed by atoms with Crippen LogP contribution in [-0.4, -0.2) is 35.0 Å². The van der Waals surface area contributed by atoms with Gasteiger partial charge in [-0.25, -0.2) is 9.18 Å². The highest BCUT2D eigenvalue weighted by Crippen LogP contribution is 2.53. The summed E-state index contributed by atoms with van der Waals surface area (Å²) in [6.07, 6.45) is -15.7. The molecule has 0 aromatic heterocycles. The summed E-state index contributed by atoms with van der Waals surface area (Å²) in [5.74, 6) is -9.15. The van der Waals surface area contributed by atoms with Crippen LogP contribution in [0.1, 0.15) is 0 Å². The molecule has 0 amide bonds. The van der Waals surface area contributed by atoms with Gasteiger partial charge in [-0.3, -0.25) is 0 Å². The minimum absolute atomic E-state index is 0.785. The first-order chi connectivity index (χ1) is 7.67. The Morgan fingerprint density at radius 2 is 1.22 bits per heavy atom. The van der Waals surface area contributed by atoms with Crippen LogP contribution in [0.2, 0.25) is 0 Å². The zero-order valence-electron chi connectivity index (χ0n) is 7.91. The van der Waals surface area contributed by atoms with E-state index in [-0.39, 0.29) is 0 Å². The summed E-state index contributed by atoms with van der Waals surface area (Å²) in [4.78, 5) is 9.80. The Hall–Kier alpha value is -1.42. The first kappa shape index (κ1) is 16.6. The van der Waals surface area contributed by atoms with Gasteiger partial charge < -0.3 is 5.11 Å². The highest BCUT2D eigenvalue weighted by atomic mass is 19.4. The molecule has 0 spiro atoms. The molecule has 2 nitrogen and oxygen atoms in total. The largest absolute Gasteiger partial charge is 0.478 e. The van der Waals surface area contributed by atoms with Crippen LogP contribution in [0.3, 0.4) is 0 Å². The summed E-state index contributed by atoms with van der Waals surface area (Å²) in [7, 11) is 0. The summed E-state index contributed by atoms with van der Waals surface area (Å²) in [5.41, 5.74) is -6.17. The molecule has 0 aliphatic heterocycles. The molecule has 1 N–H and O–H groups in total. The number of hydrogen-bond acceptors (Lipinski definition) is 1. The SMILES string of the molecule is O=C(O)/C=C\[C@](F)(C(F)(F)F)C(F)(F)C(F)(F)F. The molecule has 0 rings (SSSR count). The molecular weight excluding hydrogens is 287 g/mol. The fraction of sp³-hybridized carbons (Fsp3) is 0.571. The first-order valence-corrected chi connectivity index (χ1v) is 3.79. The number of alkyl halides is 9. The normalized spacial score (nSPS) is 17.8. The Morgan fingerprint density at radius 3 is 1.44 bits per heavy atom. The van der Waals surface area contributed by atoms with Gasteiger partial charge in [-0.1, -0.05) is 0 Å². The quantitative estimate of drug-likeness (QED) is 0.640. The molecule has 0 aliphatic carbocycles. The molecule has 18 heavy (non-hydrogen) atoms. The molecule has 0 radical (unpaired) electrons. The highest BCUT2D eigenvalue weighted by Gasteiger charge is 2.80. The van der Waals surface area contributed by atoms with Gasteiger partial charge in [0.15, 0.2) is 0 Å². The summed E-state index contributed by atoms with van der Waals surface area (Å²) >= 11 is 0. The van der Waals surface area contributed by atoms with Gasteiger partial charge in [-0.2, -0.15) is 35.1 Å². The molecule has 0 aromatic carbocycles. The van der Waals surface area contributed by atoms with Gasteiger partial charge in [-0.15, -0.1) is 0 Å². The van der Waals surface area contributed by atoms with E-state index in [1.807, 2.05) is 0 Å². The maximum Gasteiger partial charge on any atom is 0.457 e. The molecule has 0 fully saturated rings. The number of aliphatic carboxylic acids is 1. The van der Waals surface area contributed by atoms with Crippen LogP contribution in [0.15, 0.2) is 12.2 Å². The third kappa shape index (κ3) is 2.70. The predicted molar refractivity (Wildman–Crippen MR) is 37.7 cm³/mol. The van der Waals surface area contributed by atoms with Crippen molar-refractivity contribution in [1.82, 2.24) is 0 Å². The molecule has 0 aromatic rings. The first-order valence-electron chi connectivity index (χ1n) is 3.79. The zero-order chi connectivity index (χ0) is 15.0. The van der Waals surface area contributed by atoms with Gasteiger partial charge in [0, 0.05) is 6.08 Å². The number of allylic oxidation sites excluding steroid dienone is 1. The Bertz CT molecular complexity index is 353. The summed E-state index contributed by atoms with van der Waals surface area (Å²) < 4.78 is 109. The van der Waals surface area contributed by atoms with Gasteiger partial charge in [0.2, 0.25) is 0 Å². The lowest BCUT2D eigenvalue weighted by molar-refractivity contribution is -0.369. The van der Waals surface area contributed by atoms with Crippen molar-refractivity contribution in [3.63, 3.8) is 0 Å². The van der Waals surface area contributed by atoms with Crippen LogP contribution in [-0.2, 0) is 4.79 Å². The van der Waals surface area contributed by atoms with Crippen molar-refractivity contribution >= 4 is 5.97 Å². The Balaban J connectivity index is 5.88. The van der Waals surface area contributed by atoms with E-state index in [0.717, 1.165) is 0 Å². The van der Waals surface area contributed by atoms with Crippen LogP contribution in [0.4, 0.5) is 39.5 Å². The van der Waals surface area contributed by atoms with Crippen LogP contribution in [0, 0.1) is 0 Å². The lowest BCUT2D eigenvalue weighted by Crippen LogP contribution is -2.61. The minimum atomic E-state index is -6.85. The number of carboxylic acids is 1. The van der Waals surface area contributed by atoms with Gasteiger partial charge in [0.25, 0.3) is 5.67 Å².